The number of nitrogens with zero attached hydrogens (tertiary/aromatic N) is 3. The van der Waals surface area contributed by atoms with Crippen molar-refractivity contribution in [2.75, 3.05) is 11.9 Å². The number of unbranched alkanes of at least 4 members (excludes halogenated alkanes) is 1. The Bertz CT molecular complexity index is 1150. The molecule has 1 aromatic carbocycles. The summed E-state index contributed by atoms with van der Waals surface area (Å²) in [6.45, 7) is 3.85. The number of nitrogens with one attached hydrogen (secondary N) is 1. The van der Waals surface area contributed by atoms with E-state index in [4.69, 9.17) is 0 Å². The van der Waals surface area contributed by atoms with Crippen LogP contribution in [0.1, 0.15) is 57.9 Å². The van der Waals surface area contributed by atoms with Gasteiger partial charge in [-0.05, 0) is 56.7 Å². The van der Waals surface area contributed by atoms with Crippen molar-refractivity contribution in [3.63, 3.8) is 0 Å². The van der Waals surface area contributed by atoms with Gasteiger partial charge in [-0.1, -0.05) is 25.5 Å². The molecule has 0 spiro atoms. The summed E-state index contributed by atoms with van der Waals surface area (Å²) in [4.78, 5) is 37.1. The summed E-state index contributed by atoms with van der Waals surface area (Å²) >= 11 is 1.34. The lowest BCUT2D eigenvalue weighted by molar-refractivity contribution is -0.139. The maximum Gasteiger partial charge on any atom is 0.389 e. The van der Waals surface area contributed by atoms with Gasteiger partial charge >= 0.3 is 17.8 Å². The number of hydrogen-bond acceptors (Lipinski definition) is 6. The number of carboxylic acids is 1. The number of alkyl halides is 3. The van der Waals surface area contributed by atoms with Crippen molar-refractivity contribution in [3.05, 3.63) is 50.7 Å². The summed E-state index contributed by atoms with van der Waals surface area (Å²) in [7, 11) is 1.26. The fourth-order valence-corrected chi connectivity index (χ4v) is 4.95. The van der Waals surface area contributed by atoms with Crippen molar-refractivity contribution in [2.45, 2.75) is 81.2 Å². The van der Waals surface area contributed by atoms with Crippen LogP contribution in [0.25, 0.3) is 0 Å². The van der Waals surface area contributed by atoms with Crippen molar-refractivity contribution >= 4 is 23.5 Å². The zero-order valence-corrected chi connectivity index (χ0v) is 21.5. The van der Waals surface area contributed by atoms with E-state index in [2.05, 4.69) is 10.4 Å². The maximum atomic E-state index is 12.4. The lowest BCUT2D eigenvalue weighted by Gasteiger charge is -2.23. The highest BCUT2D eigenvalue weighted by Gasteiger charge is 2.33. The number of carbonyl (C=O) groups is 1. The van der Waals surface area contributed by atoms with Gasteiger partial charge in [-0.2, -0.15) is 13.2 Å². The molecule has 36 heavy (non-hydrogen) atoms. The van der Waals surface area contributed by atoms with Gasteiger partial charge in [0.15, 0.2) is 0 Å². The van der Waals surface area contributed by atoms with Gasteiger partial charge in [-0.25, -0.2) is 9.48 Å². The van der Waals surface area contributed by atoms with Crippen LogP contribution in [0, 0.1) is 0 Å². The summed E-state index contributed by atoms with van der Waals surface area (Å²) in [5, 5.41) is 16.4. The molecule has 0 saturated heterocycles. The third-order valence-corrected chi connectivity index (χ3v) is 6.99. The average molecular weight is 531 g/mol. The molecule has 0 bridgehead atoms. The van der Waals surface area contributed by atoms with E-state index in [1.807, 2.05) is 31.2 Å². The van der Waals surface area contributed by atoms with Crippen LogP contribution >= 0.6 is 11.8 Å². The number of thioether (sulfide) groups is 1. The topological polar surface area (TPSA) is 106 Å². The van der Waals surface area contributed by atoms with Crippen LogP contribution in [0.5, 0.6) is 0 Å². The molecule has 1 heterocycles. The van der Waals surface area contributed by atoms with Gasteiger partial charge in [0.1, 0.15) is 4.75 Å². The molecule has 0 radical (unpaired) electrons. The number of aryl methyl sites for hydroxylation is 2. The van der Waals surface area contributed by atoms with Crippen molar-refractivity contribution in [1.82, 2.24) is 14.3 Å². The first-order valence-corrected chi connectivity index (χ1v) is 12.7. The van der Waals surface area contributed by atoms with Crippen LogP contribution in [0.4, 0.5) is 19.0 Å². The summed E-state index contributed by atoms with van der Waals surface area (Å²) < 4.78 is 38.0. The second-order valence-corrected chi connectivity index (χ2v) is 10.4. The number of carboxylic acid groups (broad SMARTS) is 1. The Morgan fingerprint density at radius 3 is 2.53 bits per heavy atom. The number of aromatic nitrogens is 3. The standard InChI is InChI=1S/C24H33F3N4O4S/c1-4-12-23(2,21(33)34)36-18-11-7-10-17(16-18)9-5-6-14-28-19-20(32)30(3)22(35)31(29-19)15-8-13-24(25,26)27/h7,10-11,16H,4-6,8-9,12-15H2,1-3H3,(H,28,29)(H,33,34). The Morgan fingerprint density at radius 1 is 1.17 bits per heavy atom. The number of rotatable bonds is 14. The zero-order valence-electron chi connectivity index (χ0n) is 20.7. The van der Waals surface area contributed by atoms with Gasteiger partial charge in [-0.15, -0.1) is 16.9 Å². The van der Waals surface area contributed by atoms with Crippen LogP contribution < -0.4 is 16.6 Å². The van der Waals surface area contributed by atoms with Crippen molar-refractivity contribution in [1.29, 1.82) is 0 Å². The third kappa shape index (κ3) is 8.72. The quantitative estimate of drug-likeness (QED) is 0.274. The molecule has 0 aliphatic heterocycles. The van der Waals surface area contributed by atoms with Crippen LogP contribution in [-0.2, 0) is 24.8 Å². The van der Waals surface area contributed by atoms with E-state index < -0.39 is 34.6 Å². The van der Waals surface area contributed by atoms with Crippen LogP contribution in [0.2, 0.25) is 0 Å². The first-order chi connectivity index (χ1) is 16.9. The Hall–Kier alpha value is -2.76. The molecular formula is C24H33F3N4O4S. The number of hydrogen-bond donors (Lipinski definition) is 2. The molecule has 1 atom stereocenters. The molecule has 0 amide bonds. The normalized spacial score (nSPS) is 13.4. The minimum Gasteiger partial charge on any atom is -0.480 e. The highest BCUT2D eigenvalue weighted by molar-refractivity contribution is 8.01. The second-order valence-electron chi connectivity index (χ2n) is 8.86. The van der Waals surface area contributed by atoms with Crippen molar-refractivity contribution in [2.24, 2.45) is 7.05 Å². The summed E-state index contributed by atoms with van der Waals surface area (Å²) in [6.07, 6.45) is -2.14. The molecule has 2 rings (SSSR count). The minimum absolute atomic E-state index is 0.0774. The van der Waals surface area contributed by atoms with Gasteiger partial charge < -0.3 is 10.4 Å². The van der Waals surface area contributed by atoms with Gasteiger partial charge in [-0.3, -0.25) is 14.2 Å². The summed E-state index contributed by atoms with van der Waals surface area (Å²) in [5.41, 5.74) is -0.328. The lowest BCUT2D eigenvalue weighted by atomic mass is 10.1. The molecule has 0 saturated carbocycles. The molecule has 0 aliphatic rings. The fraction of sp³-hybridized carbons (Fsp3) is 0.583. The maximum absolute atomic E-state index is 12.4. The SMILES string of the molecule is CCCC(C)(Sc1cccc(CCCCNc2nn(CCCC(F)(F)F)c(=O)n(C)c2=O)c1)C(=O)O. The van der Waals surface area contributed by atoms with Crippen LogP contribution in [0.15, 0.2) is 38.8 Å². The molecule has 8 nitrogen and oxygen atoms in total. The predicted molar refractivity (Wildman–Crippen MR) is 134 cm³/mol. The van der Waals surface area contributed by atoms with E-state index in [9.17, 15) is 32.7 Å². The van der Waals surface area contributed by atoms with E-state index in [0.29, 0.717) is 19.4 Å². The van der Waals surface area contributed by atoms with Crippen LogP contribution in [0.3, 0.4) is 0 Å². The molecule has 0 aliphatic carbocycles. The first kappa shape index (κ1) is 29.5. The zero-order chi connectivity index (χ0) is 26.9. The van der Waals surface area contributed by atoms with E-state index >= 15 is 0 Å². The average Bonchev–Trinajstić information content (AvgIpc) is 2.79. The number of aliphatic carboxylic acids is 1. The monoisotopic (exact) mass is 530 g/mol. The van der Waals surface area contributed by atoms with E-state index in [1.54, 1.807) is 6.92 Å². The highest BCUT2D eigenvalue weighted by atomic mass is 32.2. The lowest BCUT2D eigenvalue weighted by Crippen LogP contribution is -2.41. The molecule has 0 fully saturated rings. The summed E-state index contributed by atoms with van der Waals surface area (Å²) in [5.74, 6) is -0.913. The van der Waals surface area contributed by atoms with E-state index in [-0.39, 0.29) is 18.8 Å². The molecular weight excluding hydrogens is 497 g/mol. The molecule has 1 unspecified atom stereocenters. The Morgan fingerprint density at radius 2 is 1.89 bits per heavy atom. The number of anilines is 1. The second kappa shape index (κ2) is 13.0. The fourth-order valence-electron chi connectivity index (χ4n) is 3.68. The van der Waals surface area contributed by atoms with Crippen LogP contribution in [-0.4, -0.2) is 42.9 Å². The van der Waals surface area contributed by atoms with E-state index in [0.717, 1.165) is 39.0 Å². The van der Waals surface area contributed by atoms with Gasteiger partial charge in [0.05, 0.1) is 0 Å². The van der Waals surface area contributed by atoms with Gasteiger partial charge in [0.2, 0.25) is 5.82 Å². The molecule has 200 valence electrons. The molecule has 1 aromatic heterocycles. The third-order valence-electron chi connectivity index (χ3n) is 5.67. The van der Waals surface area contributed by atoms with Gasteiger partial charge in [0.25, 0.3) is 5.56 Å². The number of halogens is 3. The Kier molecular flexibility index (Phi) is 10.6. The minimum atomic E-state index is -4.32. The largest absolute Gasteiger partial charge is 0.480 e. The van der Waals surface area contributed by atoms with E-state index in [1.165, 1.54) is 18.8 Å². The molecule has 12 heteroatoms. The first-order valence-electron chi connectivity index (χ1n) is 11.9. The van der Waals surface area contributed by atoms with Crippen molar-refractivity contribution in [3.8, 4) is 0 Å². The molecule has 2 N–H and O–H groups in total. The summed E-state index contributed by atoms with van der Waals surface area (Å²) in [6, 6.07) is 7.77. The Labute approximate surface area is 211 Å². The van der Waals surface area contributed by atoms with Crippen molar-refractivity contribution < 1.29 is 23.1 Å². The predicted octanol–water partition coefficient (Wildman–Crippen LogP) is 4.45. The number of benzene rings is 1. The Balaban J connectivity index is 1.92. The highest BCUT2D eigenvalue weighted by Crippen LogP contribution is 2.37. The molecule has 2 aromatic rings. The smallest absolute Gasteiger partial charge is 0.389 e. The van der Waals surface area contributed by atoms with Gasteiger partial charge in [0, 0.05) is 31.5 Å².